The van der Waals surface area contributed by atoms with Crippen molar-refractivity contribution in [2.75, 3.05) is 0 Å². The first-order valence-corrected chi connectivity index (χ1v) is 19.0. The van der Waals surface area contributed by atoms with E-state index in [1.165, 1.54) is 11.1 Å². The number of rotatable bonds is 4. The summed E-state index contributed by atoms with van der Waals surface area (Å²) in [4.78, 5) is 36.3. The summed E-state index contributed by atoms with van der Waals surface area (Å²) in [7, 11) is 0. The van der Waals surface area contributed by atoms with Crippen molar-refractivity contribution in [2.24, 2.45) is 0 Å². The second kappa shape index (κ2) is 12.8. The number of nitrogens with one attached hydrogen (secondary N) is 3. The van der Waals surface area contributed by atoms with Gasteiger partial charge in [-0.15, -0.1) is 0 Å². The van der Waals surface area contributed by atoms with Crippen LogP contribution in [0.15, 0.2) is 115 Å². The zero-order chi connectivity index (χ0) is 38.2. The molecule has 8 bridgehead atoms. The Kier molecular flexibility index (Phi) is 7.65. The van der Waals surface area contributed by atoms with Gasteiger partial charge in [0.2, 0.25) is 0 Å². The number of aromatic nitrogens is 5. The van der Waals surface area contributed by atoms with Crippen LogP contribution in [0, 0.1) is 27.7 Å². The minimum Gasteiger partial charge on any atom is -0.354 e. The fourth-order valence-electron chi connectivity index (χ4n) is 8.28. The Morgan fingerprint density at radius 2 is 0.946 bits per heavy atom. The molecule has 0 aliphatic carbocycles. The molecule has 6 heteroatoms. The predicted octanol–water partition coefficient (Wildman–Crippen LogP) is 12.8. The Hall–Kier alpha value is -7.05. The number of ketones is 1. The summed E-state index contributed by atoms with van der Waals surface area (Å²) >= 11 is 0. The van der Waals surface area contributed by atoms with E-state index in [9.17, 15) is 4.79 Å². The van der Waals surface area contributed by atoms with Gasteiger partial charge in [-0.25, -0.2) is 9.97 Å². The average molecular weight is 726 g/mol. The lowest BCUT2D eigenvalue weighted by Gasteiger charge is -2.10. The van der Waals surface area contributed by atoms with Crippen molar-refractivity contribution < 1.29 is 4.79 Å². The topological polar surface area (TPSA) is 90.2 Å². The van der Waals surface area contributed by atoms with Crippen LogP contribution in [0.3, 0.4) is 0 Å². The first-order valence-electron chi connectivity index (χ1n) is 19.0. The number of benzene rings is 4. The van der Waals surface area contributed by atoms with E-state index in [-0.39, 0.29) is 5.78 Å². The SMILES string of the molecule is CC(=O)c1c2[nH]c3cc(C)ccc3c3c-2nc1c(-c1ccc(C)cc1)c1ccc([nH]1)c(-c1ccc(C)cc1)c1nc(c(-c2ccc(C)cc2)c2ccc3[nH]2)C=C1. The summed E-state index contributed by atoms with van der Waals surface area (Å²) in [6.07, 6.45) is 4.25. The fourth-order valence-corrected chi connectivity index (χ4v) is 8.28. The summed E-state index contributed by atoms with van der Waals surface area (Å²) in [6, 6.07) is 40.6. The van der Waals surface area contributed by atoms with Crippen LogP contribution in [0.2, 0.25) is 0 Å². The molecule has 7 aromatic rings. The molecule has 3 aliphatic rings. The van der Waals surface area contributed by atoms with Gasteiger partial charge >= 0.3 is 0 Å². The molecule has 3 N–H and O–H groups in total. The summed E-state index contributed by atoms with van der Waals surface area (Å²) in [5, 5.41) is 1.95. The van der Waals surface area contributed by atoms with Gasteiger partial charge in [0, 0.05) is 55.0 Å². The number of aryl methyl sites for hydroxylation is 4. The number of pyridine rings is 1. The number of hydrogen-bond acceptors (Lipinski definition) is 3. The van der Waals surface area contributed by atoms with E-state index in [1.807, 2.05) is 0 Å². The van der Waals surface area contributed by atoms with Crippen LogP contribution in [0.5, 0.6) is 0 Å². The monoisotopic (exact) mass is 725 g/mol. The molecule has 0 radical (unpaired) electrons. The van der Waals surface area contributed by atoms with Gasteiger partial charge in [-0.2, -0.15) is 0 Å². The standard InChI is InChI=1S/C50H39N5O/c1-27-6-13-32(14-7-27)44-36-20-21-37(51-36)45(33-15-8-28(2)9-16-33)39-23-25-41(53-39)47-35-19-12-30(4)26-42(35)54-49-43(31(5)56)48(55-50(47)49)46(40-24-22-38(44)52-40)34-17-10-29(3)11-18-34/h6-26,52-54H,1-5H3. The molecule has 4 aromatic carbocycles. The zero-order valence-electron chi connectivity index (χ0n) is 31.9. The molecule has 270 valence electrons. The van der Waals surface area contributed by atoms with Crippen LogP contribution < -0.4 is 0 Å². The molecule has 6 nitrogen and oxygen atoms in total. The molecule has 0 fully saturated rings. The molecular formula is C50H39N5O. The van der Waals surface area contributed by atoms with E-state index < -0.39 is 0 Å². The maximum absolute atomic E-state index is 14.0. The van der Waals surface area contributed by atoms with Gasteiger partial charge in [-0.05, 0) is 99.4 Å². The Morgan fingerprint density at radius 3 is 1.48 bits per heavy atom. The van der Waals surface area contributed by atoms with Gasteiger partial charge in [0.05, 0.1) is 33.9 Å². The Bertz CT molecular complexity index is 3170. The minimum absolute atomic E-state index is 0.0618. The summed E-state index contributed by atoms with van der Waals surface area (Å²) in [5.74, 6) is -0.0618. The lowest BCUT2D eigenvalue weighted by Crippen LogP contribution is -1.97. The quantitative estimate of drug-likeness (QED) is 0.158. The Morgan fingerprint density at radius 1 is 0.482 bits per heavy atom. The van der Waals surface area contributed by atoms with Gasteiger partial charge in [0.1, 0.15) is 0 Å². The molecule has 10 rings (SSSR count). The zero-order valence-corrected chi connectivity index (χ0v) is 31.9. The van der Waals surface area contributed by atoms with Crippen LogP contribution in [0.4, 0.5) is 0 Å². The summed E-state index contributed by atoms with van der Waals surface area (Å²) in [5.41, 5.74) is 19.5. The lowest BCUT2D eigenvalue weighted by molar-refractivity contribution is 0.101. The highest BCUT2D eigenvalue weighted by molar-refractivity contribution is 6.20. The molecule has 3 aromatic heterocycles. The lowest BCUT2D eigenvalue weighted by atomic mass is 9.98. The number of nitrogens with zero attached hydrogens (tertiary/aromatic N) is 2. The number of aromatic amines is 3. The number of Topliss-reactive ketones (excluding diaryl/α,β-unsaturated/α-hetero) is 1. The van der Waals surface area contributed by atoms with Gasteiger partial charge in [-0.3, -0.25) is 4.79 Å². The fraction of sp³-hybridized carbons (Fsp3) is 0.100. The molecule has 3 aliphatic heterocycles. The summed E-state index contributed by atoms with van der Waals surface area (Å²) in [6.45, 7) is 10.0. The van der Waals surface area contributed by atoms with E-state index in [0.717, 1.165) is 99.9 Å². The van der Waals surface area contributed by atoms with E-state index in [4.69, 9.17) is 9.97 Å². The van der Waals surface area contributed by atoms with E-state index in [0.29, 0.717) is 16.8 Å². The molecule has 0 amide bonds. The first kappa shape index (κ1) is 33.5. The van der Waals surface area contributed by atoms with Crippen molar-refractivity contribution in [3.63, 3.8) is 0 Å². The van der Waals surface area contributed by atoms with Gasteiger partial charge in [0.25, 0.3) is 0 Å². The molecule has 0 saturated heterocycles. The smallest absolute Gasteiger partial charge is 0.164 e. The van der Waals surface area contributed by atoms with Crippen molar-refractivity contribution in [3.8, 4) is 44.8 Å². The maximum Gasteiger partial charge on any atom is 0.164 e. The van der Waals surface area contributed by atoms with Gasteiger partial charge < -0.3 is 15.0 Å². The first-order chi connectivity index (χ1) is 27.2. The van der Waals surface area contributed by atoms with Crippen LogP contribution in [-0.2, 0) is 0 Å². The normalized spacial score (nSPS) is 12.0. The van der Waals surface area contributed by atoms with Crippen molar-refractivity contribution in [3.05, 3.63) is 154 Å². The molecule has 0 atom stereocenters. The average Bonchev–Trinajstić information content (AvgIpc) is 4.01. The van der Waals surface area contributed by atoms with Crippen LogP contribution >= 0.6 is 0 Å². The van der Waals surface area contributed by atoms with Gasteiger partial charge in [-0.1, -0.05) is 102 Å². The van der Waals surface area contributed by atoms with Crippen molar-refractivity contribution in [1.82, 2.24) is 24.9 Å². The third kappa shape index (κ3) is 5.44. The van der Waals surface area contributed by atoms with Gasteiger partial charge in [0.15, 0.2) is 5.78 Å². The molecule has 6 heterocycles. The Labute approximate surface area is 324 Å². The molecular weight excluding hydrogens is 687 g/mol. The number of H-pyrrole nitrogens is 3. The molecule has 56 heavy (non-hydrogen) atoms. The molecule has 0 spiro atoms. The van der Waals surface area contributed by atoms with Crippen LogP contribution in [0.1, 0.15) is 50.9 Å². The molecule has 0 saturated carbocycles. The highest BCUT2D eigenvalue weighted by Gasteiger charge is 2.26. The third-order valence-electron chi connectivity index (χ3n) is 11.1. The van der Waals surface area contributed by atoms with Crippen LogP contribution in [-0.4, -0.2) is 30.7 Å². The van der Waals surface area contributed by atoms with E-state index in [1.54, 1.807) is 6.92 Å². The predicted molar refractivity (Wildman–Crippen MR) is 232 cm³/mol. The third-order valence-corrected chi connectivity index (χ3v) is 11.1. The second-order valence-electron chi connectivity index (χ2n) is 15.2. The Balaban J connectivity index is 1.48. The number of fused-ring (bicyclic) bond motifs is 10. The number of carbonyl (C=O) groups is 1. The summed E-state index contributed by atoms with van der Waals surface area (Å²) < 4.78 is 0. The minimum atomic E-state index is -0.0618. The largest absolute Gasteiger partial charge is 0.354 e. The van der Waals surface area contributed by atoms with Crippen LogP contribution in [0.25, 0.3) is 101 Å². The maximum atomic E-state index is 14.0. The van der Waals surface area contributed by atoms with E-state index in [2.05, 4.69) is 170 Å². The highest BCUT2D eigenvalue weighted by atomic mass is 16.1. The van der Waals surface area contributed by atoms with Crippen molar-refractivity contribution in [1.29, 1.82) is 0 Å². The highest BCUT2D eigenvalue weighted by Crippen LogP contribution is 2.43. The number of hydrogen-bond donors (Lipinski definition) is 3. The van der Waals surface area contributed by atoms with Crippen molar-refractivity contribution >= 4 is 61.8 Å². The molecule has 0 unspecified atom stereocenters. The second-order valence-corrected chi connectivity index (χ2v) is 15.2. The number of carbonyl (C=O) groups excluding carboxylic acids is 1. The van der Waals surface area contributed by atoms with E-state index >= 15 is 0 Å². The van der Waals surface area contributed by atoms with Crippen molar-refractivity contribution in [2.45, 2.75) is 34.6 Å².